The molecule has 3 aromatic heterocycles. The Morgan fingerprint density at radius 2 is 2.19 bits per heavy atom. The molecule has 0 unspecified atom stereocenters. The molecule has 0 spiro atoms. The first-order valence-corrected chi connectivity index (χ1v) is 11.6. The number of hydrogen-bond donors (Lipinski definition) is 2. The number of thiophene rings is 1. The molecule has 0 radical (unpaired) electrons. The van der Waals surface area contributed by atoms with E-state index in [1.165, 1.54) is 15.8 Å². The minimum absolute atomic E-state index is 0.0392. The van der Waals surface area contributed by atoms with E-state index in [2.05, 4.69) is 67.1 Å². The Morgan fingerprint density at radius 1 is 1.26 bits per heavy atom. The van der Waals surface area contributed by atoms with E-state index in [4.69, 9.17) is 0 Å². The molecule has 1 aliphatic rings. The number of rotatable bonds is 6. The van der Waals surface area contributed by atoms with Crippen molar-refractivity contribution in [2.75, 3.05) is 24.5 Å². The number of para-hydroxylation sites is 1. The second kappa shape index (κ2) is 8.89. The first kappa shape index (κ1) is 19.8. The van der Waals surface area contributed by atoms with Crippen molar-refractivity contribution in [3.63, 3.8) is 0 Å². The summed E-state index contributed by atoms with van der Waals surface area (Å²) in [7, 11) is 0. The minimum atomic E-state index is -0.0392. The van der Waals surface area contributed by atoms with Crippen LogP contribution in [0.3, 0.4) is 0 Å². The van der Waals surface area contributed by atoms with Crippen LogP contribution < -0.4 is 10.2 Å². The van der Waals surface area contributed by atoms with Gasteiger partial charge in [0.05, 0.1) is 12.1 Å². The van der Waals surface area contributed by atoms with Gasteiger partial charge in [-0.2, -0.15) is 0 Å². The molecule has 4 heterocycles. The van der Waals surface area contributed by atoms with Crippen LogP contribution in [-0.2, 0) is 4.79 Å². The molecule has 1 aromatic carbocycles. The lowest BCUT2D eigenvalue weighted by Crippen LogP contribution is -2.44. The molecule has 0 aliphatic carbocycles. The molecule has 6 nitrogen and oxygen atoms in total. The van der Waals surface area contributed by atoms with Crippen LogP contribution in [0.1, 0.15) is 29.2 Å². The molecule has 2 N–H and O–H groups in total. The van der Waals surface area contributed by atoms with Crippen LogP contribution in [0.4, 0.5) is 5.82 Å². The molecule has 5 rings (SSSR count). The third kappa shape index (κ3) is 4.18. The van der Waals surface area contributed by atoms with E-state index < -0.39 is 0 Å². The summed E-state index contributed by atoms with van der Waals surface area (Å²) in [6.45, 7) is 2.18. The Morgan fingerprint density at radius 3 is 3.03 bits per heavy atom. The van der Waals surface area contributed by atoms with Crippen molar-refractivity contribution in [1.82, 2.24) is 20.3 Å². The largest absolute Gasteiger partial charge is 0.361 e. The summed E-state index contributed by atoms with van der Waals surface area (Å²) in [4.78, 5) is 28.5. The number of benzene rings is 1. The molecule has 1 amide bonds. The molecule has 0 bridgehead atoms. The fourth-order valence-electron chi connectivity index (χ4n) is 4.44. The van der Waals surface area contributed by atoms with Gasteiger partial charge < -0.3 is 15.2 Å². The number of carbonyl (C=O) groups excluding carboxylic acids is 1. The second-order valence-electron chi connectivity index (χ2n) is 7.95. The van der Waals surface area contributed by atoms with Gasteiger partial charge in [-0.15, -0.1) is 11.3 Å². The average Bonchev–Trinajstić information content (AvgIpc) is 3.51. The summed E-state index contributed by atoms with van der Waals surface area (Å²) in [6.07, 6.45) is 9.10. The molecule has 1 saturated heterocycles. The van der Waals surface area contributed by atoms with E-state index >= 15 is 0 Å². The minimum Gasteiger partial charge on any atom is -0.361 e. The predicted octanol–water partition coefficient (Wildman–Crippen LogP) is 4.18. The van der Waals surface area contributed by atoms with Crippen molar-refractivity contribution in [3.8, 4) is 0 Å². The third-order valence-corrected chi connectivity index (χ3v) is 7.02. The molecule has 31 heavy (non-hydrogen) atoms. The molecule has 7 heteroatoms. The molecule has 1 aliphatic heterocycles. The lowest BCUT2D eigenvalue weighted by Gasteiger charge is -2.32. The number of H-pyrrole nitrogens is 1. The van der Waals surface area contributed by atoms with Crippen molar-refractivity contribution < 1.29 is 4.79 Å². The van der Waals surface area contributed by atoms with Crippen molar-refractivity contribution in [1.29, 1.82) is 0 Å². The van der Waals surface area contributed by atoms with Gasteiger partial charge in [0, 0.05) is 59.9 Å². The summed E-state index contributed by atoms with van der Waals surface area (Å²) in [6, 6.07) is 12.6. The number of fused-ring (bicyclic) bond motifs is 1. The van der Waals surface area contributed by atoms with Gasteiger partial charge in [-0.3, -0.25) is 9.78 Å². The fraction of sp³-hybridized carbons (Fsp3) is 0.292. The number of hydrogen-bond acceptors (Lipinski definition) is 5. The topological polar surface area (TPSA) is 73.9 Å². The fourth-order valence-corrected chi connectivity index (χ4v) is 5.28. The number of carbonyl (C=O) groups is 1. The highest BCUT2D eigenvalue weighted by atomic mass is 32.1. The predicted molar refractivity (Wildman–Crippen MR) is 124 cm³/mol. The van der Waals surface area contributed by atoms with Crippen LogP contribution in [0.15, 0.2) is 66.6 Å². The first-order chi connectivity index (χ1) is 15.3. The van der Waals surface area contributed by atoms with E-state index in [1.807, 2.05) is 6.07 Å². The Labute approximate surface area is 185 Å². The zero-order chi connectivity index (χ0) is 21.0. The van der Waals surface area contributed by atoms with E-state index in [9.17, 15) is 4.79 Å². The van der Waals surface area contributed by atoms with Gasteiger partial charge in [0.2, 0.25) is 5.91 Å². The molecule has 0 saturated carbocycles. The summed E-state index contributed by atoms with van der Waals surface area (Å²) in [5, 5.41) is 6.56. The maximum atomic E-state index is 13.1. The SMILES string of the molecule is O=C(NC[C@@H](c1cccs1)c1c[nH]c2ccccc12)[C@@H]1CCCN(c2cnccn2)C1. The number of aromatic amines is 1. The first-order valence-electron chi connectivity index (χ1n) is 10.7. The maximum Gasteiger partial charge on any atom is 0.224 e. The van der Waals surface area contributed by atoms with E-state index in [0.717, 1.165) is 30.7 Å². The van der Waals surface area contributed by atoms with Crippen LogP contribution in [-0.4, -0.2) is 40.5 Å². The monoisotopic (exact) mass is 431 g/mol. The van der Waals surface area contributed by atoms with Crippen molar-refractivity contribution in [2.24, 2.45) is 5.92 Å². The third-order valence-electron chi connectivity index (χ3n) is 6.03. The molecule has 158 valence electrons. The van der Waals surface area contributed by atoms with Crippen molar-refractivity contribution >= 4 is 34.0 Å². The normalized spacial score (nSPS) is 17.5. The maximum absolute atomic E-state index is 13.1. The number of piperidine rings is 1. The number of amides is 1. The summed E-state index contributed by atoms with van der Waals surface area (Å²) in [5.41, 5.74) is 2.35. The number of anilines is 1. The Kier molecular flexibility index (Phi) is 5.67. The van der Waals surface area contributed by atoms with Crippen LogP contribution in [0.25, 0.3) is 10.9 Å². The van der Waals surface area contributed by atoms with Crippen molar-refractivity contribution in [3.05, 3.63) is 77.0 Å². The molecule has 4 aromatic rings. The highest BCUT2D eigenvalue weighted by molar-refractivity contribution is 7.10. The van der Waals surface area contributed by atoms with Crippen LogP contribution in [0.5, 0.6) is 0 Å². The second-order valence-corrected chi connectivity index (χ2v) is 8.93. The number of nitrogens with one attached hydrogen (secondary N) is 2. The zero-order valence-corrected chi connectivity index (χ0v) is 18.0. The van der Waals surface area contributed by atoms with E-state index in [-0.39, 0.29) is 17.7 Å². The van der Waals surface area contributed by atoms with Crippen LogP contribution in [0, 0.1) is 5.92 Å². The smallest absolute Gasteiger partial charge is 0.224 e. The van der Waals surface area contributed by atoms with Crippen LogP contribution in [0.2, 0.25) is 0 Å². The van der Waals surface area contributed by atoms with Gasteiger partial charge in [0.1, 0.15) is 5.82 Å². The van der Waals surface area contributed by atoms with Gasteiger partial charge in [-0.25, -0.2) is 4.98 Å². The Hall–Kier alpha value is -3.19. The van der Waals surface area contributed by atoms with E-state index in [1.54, 1.807) is 29.9 Å². The van der Waals surface area contributed by atoms with Gasteiger partial charge in [0.25, 0.3) is 0 Å². The van der Waals surface area contributed by atoms with Gasteiger partial charge in [-0.1, -0.05) is 24.3 Å². The van der Waals surface area contributed by atoms with Gasteiger partial charge in [0.15, 0.2) is 0 Å². The highest BCUT2D eigenvalue weighted by Gasteiger charge is 2.28. The molecule has 2 atom stereocenters. The summed E-state index contributed by atoms with van der Waals surface area (Å²) < 4.78 is 0. The van der Waals surface area contributed by atoms with E-state index in [0.29, 0.717) is 13.1 Å². The van der Waals surface area contributed by atoms with Gasteiger partial charge in [-0.05, 0) is 35.9 Å². The number of aromatic nitrogens is 3. The zero-order valence-electron chi connectivity index (χ0n) is 17.2. The molecular weight excluding hydrogens is 406 g/mol. The highest BCUT2D eigenvalue weighted by Crippen LogP contribution is 2.33. The standard InChI is InChI=1S/C24H25N5OS/c30-24(17-5-3-11-29(16-17)23-15-25-9-10-26-23)28-14-20(22-8-4-12-31-22)19-13-27-21-7-2-1-6-18(19)21/h1-2,4,6-10,12-13,15,17,20,27H,3,5,11,14,16H2,(H,28,30)/t17-,20-/m1/s1. The lowest BCUT2D eigenvalue weighted by atomic mass is 9.94. The summed E-state index contributed by atoms with van der Waals surface area (Å²) in [5.74, 6) is 1.05. The Bertz CT molecular complexity index is 1140. The van der Waals surface area contributed by atoms with Crippen molar-refractivity contribution in [2.45, 2.75) is 18.8 Å². The Balaban J connectivity index is 1.31. The average molecular weight is 432 g/mol. The lowest BCUT2D eigenvalue weighted by molar-refractivity contribution is -0.125. The van der Waals surface area contributed by atoms with Gasteiger partial charge >= 0.3 is 0 Å². The summed E-state index contributed by atoms with van der Waals surface area (Å²) >= 11 is 1.73. The molecule has 1 fully saturated rings. The quantitative estimate of drug-likeness (QED) is 0.480. The number of nitrogens with zero attached hydrogens (tertiary/aromatic N) is 3. The molecular formula is C24H25N5OS. The van der Waals surface area contributed by atoms with Crippen LogP contribution >= 0.6 is 11.3 Å².